The molecule has 11 heteroatoms. The van der Waals surface area contributed by atoms with Gasteiger partial charge in [0.25, 0.3) is 15.9 Å². The molecule has 0 unspecified atom stereocenters. The molecule has 0 spiro atoms. The van der Waals surface area contributed by atoms with Gasteiger partial charge in [-0.3, -0.25) is 9.10 Å². The van der Waals surface area contributed by atoms with Crippen LogP contribution in [0.15, 0.2) is 76.7 Å². The second kappa shape index (κ2) is 12.7. The van der Waals surface area contributed by atoms with Crippen molar-refractivity contribution in [1.82, 2.24) is 5.43 Å². The lowest BCUT2D eigenvalue weighted by Gasteiger charge is -2.24. The Balaban J connectivity index is 1.80. The molecule has 37 heavy (non-hydrogen) atoms. The van der Waals surface area contributed by atoms with Gasteiger partial charge in [0.1, 0.15) is 18.1 Å². The smallest absolute Gasteiger partial charge is 0.264 e. The van der Waals surface area contributed by atoms with E-state index < -0.39 is 28.3 Å². The van der Waals surface area contributed by atoms with Crippen LogP contribution >= 0.6 is 0 Å². The van der Waals surface area contributed by atoms with Crippen molar-refractivity contribution < 1.29 is 31.8 Å². The highest BCUT2D eigenvalue weighted by atomic mass is 32.2. The number of benzene rings is 3. The lowest BCUT2D eigenvalue weighted by atomic mass is 10.2. The van der Waals surface area contributed by atoms with Crippen molar-refractivity contribution in [3.05, 3.63) is 78.1 Å². The highest BCUT2D eigenvalue weighted by Crippen LogP contribution is 2.32. The zero-order chi connectivity index (χ0) is 26.8. The molecule has 0 aliphatic carbocycles. The van der Waals surface area contributed by atoms with Crippen molar-refractivity contribution in [1.29, 1.82) is 0 Å². The molecule has 0 saturated heterocycles. The molecule has 1 N–H and O–H groups in total. The Bertz CT molecular complexity index is 1330. The van der Waals surface area contributed by atoms with E-state index in [4.69, 9.17) is 14.2 Å². The van der Waals surface area contributed by atoms with Gasteiger partial charge in [-0.1, -0.05) is 6.92 Å². The van der Waals surface area contributed by atoms with Crippen molar-refractivity contribution >= 4 is 27.8 Å². The van der Waals surface area contributed by atoms with Crippen molar-refractivity contribution in [3.63, 3.8) is 0 Å². The summed E-state index contributed by atoms with van der Waals surface area (Å²) in [6.07, 6.45) is 2.32. The molecular weight excluding hydrogens is 501 g/mol. The number of sulfonamides is 1. The van der Waals surface area contributed by atoms with Gasteiger partial charge < -0.3 is 14.2 Å². The van der Waals surface area contributed by atoms with E-state index in [1.807, 2.05) is 6.92 Å². The number of halogens is 1. The Morgan fingerprint density at radius 2 is 1.68 bits per heavy atom. The summed E-state index contributed by atoms with van der Waals surface area (Å²) in [5.74, 6) is 0.00728. The number of methoxy groups -OCH3 is 2. The van der Waals surface area contributed by atoms with Crippen molar-refractivity contribution in [2.45, 2.75) is 18.2 Å². The van der Waals surface area contributed by atoms with E-state index >= 15 is 0 Å². The van der Waals surface area contributed by atoms with Gasteiger partial charge in [-0.2, -0.15) is 5.10 Å². The van der Waals surface area contributed by atoms with E-state index in [1.54, 1.807) is 24.3 Å². The molecule has 0 fully saturated rings. The number of hydrazone groups is 1. The SMILES string of the molecule is CCCOc1ccc(/C=N\NC(=O)CN(c2ccc(F)cc2)S(=O)(=O)c2ccc(OC)c(OC)c2)cc1. The molecule has 0 radical (unpaired) electrons. The normalized spacial score (nSPS) is 11.2. The largest absolute Gasteiger partial charge is 0.494 e. The van der Waals surface area contributed by atoms with E-state index in [9.17, 15) is 17.6 Å². The van der Waals surface area contributed by atoms with Gasteiger partial charge in [0, 0.05) is 6.07 Å². The van der Waals surface area contributed by atoms with Crippen LogP contribution in [0.25, 0.3) is 0 Å². The van der Waals surface area contributed by atoms with Gasteiger partial charge >= 0.3 is 0 Å². The van der Waals surface area contributed by atoms with Crippen LogP contribution < -0.4 is 23.9 Å². The quantitative estimate of drug-likeness (QED) is 0.281. The average molecular weight is 530 g/mol. The third-order valence-corrected chi connectivity index (χ3v) is 6.87. The molecule has 0 aliphatic rings. The van der Waals surface area contributed by atoms with Crippen molar-refractivity contribution in [2.75, 3.05) is 31.7 Å². The number of hydrogen-bond donors (Lipinski definition) is 1. The Labute approximate surface area is 215 Å². The predicted octanol–water partition coefficient (Wildman–Crippen LogP) is 3.98. The number of carbonyl (C=O) groups excluding carboxylic acids is 1. The molecule has 0 aliphatic heterocycles. The van der Waals surface area contributed by atoms with Crippen LogP contribution in [0.2, 0.25) is 0 Å². The molecule has 0 heterocycles. The molecule has 0 bridgehead atoms. The molecule has 1 amide bonds. The number of nitrogens with zero attached hydrogens (tertiary/aromatic N) is 2. The van der Waals surface area contributed by atoms with Crippen LogP contribution in [0.5, 0.6) is 17.2 Å². The summed E-state index contributed by atoms with van der Waals surface area (Å²) < 4.78 is 57.3. The van der Waals surface area contributed by atoms with E-state index in [0.29, 0.717) is 17.9 Å². The first-order valence-electron chi connectivity index (χ1n) is 11.3. The van der Waals surface area contributed by atoms with Crippen LogP contribution in [0.3, 0.4) is 0 Å². The molecule has 3 aromatic rings. The number of ether oxygens (including phenoxy) is 3. The summed E-state index contributed by atoms with van der Waals surface area (Å²) in [5, 5.41) is 3.92. The summed E-state index contributed by atoms with van der Waals surface area (Å²) in [6.45, 7) is 2.02. The number of nitrogens with one attached hydrogen (secondary N) is 1. The third-order valence-electron chi connectivity index (χ3n) is 5.10. The highest BCUT2D eigenvalue weighted by molar-refractivity contribution is 7.92. The second-order valence-corrected chi connectivity index (χ2v) is 9.58. The first kappa shape index (κ1) is 27.5. The molecule has 0 saturated carbocycles. The predicted molar refractivity (Wildman–Crippen MR) is 138 cm³/mol. The van der Waals surface area contributed by atoms with Gasteiger partial charge in [0.05, 0.1) is 37.6 Å². The minimum Gasteiger partial charge on any atom is -0.494 e. The molecule has 0 atom stereocenters. The number of rotatable bonds is 12. The monoisotopic (exact) mass is 529 g/mol. The van der Waals surface area contributed by atoms with Gasteiger partial charge in [-0.25, -0.2) is 18.2 Å². The van der Waals surface area contributed by atoms with Crippen LogP contribution in [-0.2, 0) is 14.8 Å². The first-order valence-corrected chi connectivity index (χ1v) is 12.8. The fourth-order valence-corrected chi connectivity index (χ4v) is 4.68. The third kappa shape index (κ3) is 7.20. The minimum atomic E-state index is -4.26. The lowest BCUT2D eigenvalue weighted by Crippen LogP contribution is -2.39. The van der Waals surface area contributed by atoms with E-state index in [0.717, 1.165) is 28.6 Å². The van der Waals surface area contributed by atoms with Crippen LogP contribution in [-0.4, -0.2) is 47.9 Å². The van der Waals surface area contributed by atoms with Gasteiger partial charge in [-0.05, 0) is 72.6 Å². The van der Waals surface area contributed by atoms with E-state index in [1.165, 1.54) is 50.8 Å². The second-order valence-electron chi connectivity index (χ2n) is 7.72. The molecule has 3 aromatic carbocycles. The van der Waals surface area contributed by atoms with Gasteiger partial charge in [0.15, 0.2) is 11.5 Å². The summed E-state index contributed by atoms with van der Waals surface area (Å²) in [4.78, 5) is 12.5. The lowest BCUT2D eigenvalue weighted by molar-refractivity contribution is -0.119. The number of anilines is 1. The highest BCUT2D eigenvalue weighted by Gasteiger charge is 2.28. The summed E-state index contributed by atoms with van der Waals surface area (Å²) in [7, 11) is -1.46. The van der Waals surface area contributed by atoms with Crippen LogP contribution in [0, 0.1) is 5.82 Å². The number of amides is 1. The number of carbonyl (C=O) groups is 1. The maximum atomic E-state index is 13.5. The maximum Gasteiger partial charge on any atom is 0.264 e. The fraction of sp³-hybridized carbons (Fsp3) is 0.231. The molecule has 9 nitrogen and oxygen atoms in total. The summed E-state index contributed by atoms with van der Waals surface area (Å²) in [5.41, 5.74) is 3.13. The summed E-state index contributed by atoms with van der Waals surface area (Å²) in [6, 6.07) is 15.9. The zero-order valence-electron chi connectivity index (χ0n) is 20.7. The Morgan fingerprint density at radius 3 is 2.30 bits per heavy atom. The fourth-order valence-electron chi connectivity index (χ4n) is 3.24. The van der Waals surface area contributed by atoms with Crippen LogP contribution in [0.4, 0.5) is 10.1 Å². The van der Waals surface area contributed by atoms with Crippen LogP contribution in [0.1, 0.15) is 18.9 Å². The van der Waals surface area contributed by atoms with Gasteiger partial charge in [-0.15, -0.1) is 0 Å². The maximum absolute atomic E-state index is 13.5. The van der Waals surface area contributed by atoms with E-state index in [-0.39, 0.29) is 16.3 Å². The Morgan fingerprint density at radius 1 is 1.00 bits per heavy atom. The zero-order valence-corrected chi connectivity index (χ0v) is 21.5. The molecule has 0 aromatic heterocycles. The molecular formula is C26H28FN3O6S. The van der Waals surface area contributed by atoms with Crippen molar-refractivity contribution in [3.8, 4) is 17.2 Å². The average Bonchev–Trinajstić information content (AvgIpc) is 2.91. The number of hydrogen-bond acceptors (Lipinski definition) is 7. The summed E-state index contributed by atoms with van der Waals surface area (Å²) >= 11 is 0. The van der Waals surface area contributed by atoms with Crippen molar-refractivity contribution in [2.24, 2.45) is 5.10 Å². The molecule has 3 rings (SSSR count). The minimum absolute atomic E-state index is 0.0954. The van der Waals surface area contributed by atoms with E-state index in [2.05, 4.69) is 10.5 Å². The standard InChI is InChI=1S/C26H28FN3O6S/c1-4-15-36-22-11-5-19(6-12-22)17-28-29-26(31)18-30(21-9-7-20(27)8-10-21)37(32,33)23-13-14-24(34-2)25(16-23)35-3/h5-14,16-17H,4,15,18H2,1-3H3,(H,29,31)/b28-17-. The Kier molecular flexibility index (Phi) is 9.45. The topological polar surface area (TPSA) is 107 Å². The first-order chi connectivity index (χ1) is 17.8. The van der Waals surface area contributed by atoms with Gasteiger partial charge in [0.2, 0.25) is 0 Å². The molecule has 196 valence electrons. The Hall–Kier alpha value is -4.12.